The highest BCUT2D eigenvalue weighted by molar-refractivity contribution is 7.89. The maximum Gasteiger partial charge on any atom is 0.263 e. The maximum atomic E-state index is 13.3. The lowest BCUT2D eigenvalue weighted by atomic mass is 10.2. The van der Waals surface area contributed by atoms with Gasteiger partial charge in [-0.25, -0.2) is 8.42 Å². The van der Waals surface area contributed by atoms with Gasteiger partial charge in [-0.15, -0.1) is 0 Å². The van der Waals surface area contributed by atoms with E-state index in [0.717, 1.165) is 0 Å². The number of amides is 1. The van der Waals surface area contributed by atoms with E-state index in [1.54, 1.807) is 54.6 Å². The third-order valence-corrected chi connectivity index (χ3v) is 7.74. The molecule has 0 bridgehead atoms. The van der Waals surface area contributed by atoms with E-state index in [9.17, 15) is 13.2 Å². The molecule has 8 nitrogen and oxygen atoms in total. The standard InChI is InChI=1S/C21H29ClN4O4S/c1-14(2)26-16(4)20(15(3)23-26)31(28,29)25-11-9-24(10-12-25)21(27)17(5)30-19-8-6-7-18(22)13-19/h6-8,13-14,17H,9-12H2,1-5H3/t17-/m1/s1. The molecule has 1 aromatic heterocycles. The molecule has 0 aliphatic carbocycles. The minimum Gasteiger partial charge on any atom is -0.481 e. The Balaban J connectivity index is 1.67. The quantitative estimate of drug-likeness (QED) is 0.650. The summed E-state index contributed by atoms with van der Waals surface area (Å²) in [5, 5.41) is 4.93. The Bertz CT molecular complexity index is 1060. The highest BCUT2D eigenvalue weighted by Gasteiger charge is 2.35. The largest absolute Gasteiger partial charge is 0.481 e. The molecule has 10 heteroatoms. The van der Waals surface area contributed by atoms with Gasteiger partial charge in [0, 0.05) is 37.2 Å². The second-order valence-corrected chi connectivity index (χ2v) is 10.3. The fourth-order valence-electron chi connectivity index (χ4n) is 3.85. The fraction of sp³-hybridized carbons (Fsp3) is 0.524. The number of hydrogen-bond donors (Lipinski definition) is 0. The van der Waals surface area contributed by atoms with Crippen LogP contribution in [0.2, 0.25) is 5.02 Å². The summed E-state index contributed by atoms with van der Waals surface area (Å²) in [5.41, 5.74) is 1.13. The Morgan fingerprint density at radius 2 is 1.77 bits per heavy atom. The lowest BCUT2D eigenvalue weighted by molar-refractivity contribution is -0.139. The van der Waals surface area contributed by atoms with Gasteiger partial charge in [0.1, 0.15) is 10.6 Å². The Kier molecular flexibility index (Phi) is 6.98. The van der Waals surface area contributed by atoms with Crippen LogP contribution in [0.15, 0.2) is 29.2 Å². The average molecular weight is 469 g/mol. The summed E-state index contributed by atoms with van der Waals surface area (Å²) < 4.78 is 35.4. The van der Waals surface area contributed by atoms with Crippen LogP contribution < -0.4 is 4.74 Å². The van der Waals surface area contributed by atoms with Crippen LogP contribution >= 0.6 is 11.6 Å². The molecule has 1 saturated heterocycles. The van der Waals surface area contributed by atoms with E-state index in [1.165, 1.54) is 4.31 Å². The molecule has 2 heterocycles. The van der Waals surface area contributed by atoms with Crippen molar-refractivity contribution in [3.05, 3.63) is 40.7 Å². The molecule has 0 radical (unpaired) electrons. The monoisotopic (exact) mass is 468 g/mol. The zero-order valence-electron chi connectivity index (χ0n) is 18.5. The average Bonchev–Trinajstić information content (AvgIpc) is 3.02. The van der Waals surface area contributed by atoms with Crippen molar-refractivity contribution in [3.63, 3.8) is 0 Å². The number of hydrogen-bond acceptors (Lipinski definition) is 5. The molecular formula is C21H29ClN4O4S. The lowest BCUT2D eigenvalue weighted by Crippen LogP contribution is -2.53. The Labute approximate surface area is 188 Å². The summed E-state index contributed by atoms with van der Waals surface area (Å²) in [6, 6.07) is 6.94. The normalized spacial score (nSPS) is 16.5. The fourth-order valence-corrected chi connectivity index (χ4v) is 5.82. The number of piperazine rings is 1. The van der Waals surface area contributed by atoms with E-state index in [0.29, 0.717) is 35.2 Å². The Morgan fingerprint density at radius 1 is 1.13 bits per heavy atom. The summed E-state index contributed by atoms with van der Waals surface area (Å²) in [6.07, 6.45) is -0.699. The van der Waals surface area contributed by atoms with E-state index < -0.39 is 16.1 Å². The lowest BCUT2D eigenvalue weighted by Gasteiger charge is -2.35. The minimum atomic E-state index is -3.69. The van der Waals surface area contributed by atoms with Crippen LogP contribution in [-0.2, 0) is 14.8 Å². The molecule has 3 rings (SSSR count). The van der Waals surface area contributed by atoms with Crippen molar-refractivity contribution < 1.29 is 17.9 Å². The molecule has 1 atom stereocenters. The molecule has 0 spiro atoms. The number of nitrogens with zero attached hydrogens (tertiary/aromatic N) is 4. The number of carbonyl (C=O) groups excluding carboxylic acids is 1. The number of aryl methyl sites for hydroxylation is 1. The van der Waals surface area contributed by atoms with Crippen LogP contribution in [0.5, 0.6) is 5.75 Å². The van der Waals surface area contributed by atoms with Gasteiger partial charge in [0.15, 0.2) is 6.10 Å². The number of benzene rings is 1. The van der Waals surface area contributed by atoms with E-state index >= 15 is 0 Å². The van der Waals surface area contributed by atoms with Crippen molar-refractivity contribution in [1.29, 1.82) is 0 Å². The SMILES string of the molecule is Cc1nn(C(C)C)c(C)c1S(=O)(=O)N1CCN(C(=O)[C@@H](C)Oc2cccc(Cl)c2)CC1. The number of rotatable bonds is 6. The van der Waals surface area contributed by atoms with Crippen molar-refractivity contribution in [1.82, 2.24) is 19.0 Å². The topological polar surface area (TPSA) is 84.7 Å². The van der Waals surface area contributed by atoms with Crippen molar-refractivity contribution >= 4 is 27.5 Å². The summed E-state index contributed by atoms with van der Waals surface area (Å²) in [7, 11) is -3.69. The van der Waals surface area contributed by atoms with Crippen LogP contribution in [0.25, 0.3) is 0 Å². The van der Waals surface area contributed by atoms with Crippen molar-refractivity contribution in [2.24, 2.45) is 0 Å². The van der Waals surface area contributed by atoms with Gasteiger partial charge >= 0.3 is 0 Å². The number of aromatic nitrogens is 2. The molecular weight excluding hydrogens is 440 g/mol. The van der Waals surface area contributed by atoms with Gasteiger partial charge in [-0.2, -0.15) is 9.40 Å². The zero-order valence-corrected chi connectivity index (χ0v) is 20.1. The summed E-state index contributed by atoms with van der Waals surface area (Å²) >= 11 is 5.96. The molecule has 0 saturated carbocycles. The van der Waals surface area contributed by atoms with Gasteiger partial charge in [-0.05, 0) is 52.8 Å². The van der Waals surface area contributed by atoms with Crippen LogP contribution in [0.3, 0.4) is 0 Å². The second kappa shape index (κ2) is 9.18. The van der Waals surface area contributed by atoms with Gasteiger partial charge in [0.2, 0.25) is 10.0 Å². The number of ether oxygens (including phenoxy) is 1. The summed E-state index contributed by atoms with van der Waals surface area (Å²) in [4.78, 5) is 14.7. The smallest absolute Gasteiger partial charge is 0.263 e. The molecule has 1 aliphatic rings. The molecule has 31 heavy (non-hydrogen) atoms. The third kappa shape index (κ3) is 4.88. The first-order valence-corrected chi connectivity index (χ1v) is 12.1. The number of halogens is 1. The summed E-state index contributed by atoms with van der Waals surface area (Å²) in [6.45, 7) is 10.2. The van der Waals surface area contributed by atoms with E-state index in [1.807, 2.05) is 13.8 Å². The zero-order chi connectivity index (χ0) is 22.9. The number of carbonyl (C=O) groups is 1. The molecule has 2 aromatic rings. The summed E-state index contributed by atoms with van der Waals surface area (Å²) in [5.74, 6) is 0.333. The minimum absolute atomic E-state index is 0.0677. The van der Waals surface area contributed by atoms with Crippen LogP contribution in [0, 0.1) is 13.8 Å². The highest BCUT2D eigenvalue weighted by Crippen LogP contribution is 2.26. The van der Waals surface area contributed by atoms with Crippen molar-refractivity contribution in [2.75, 3.05) is 26.2 Å². The Morgan fingerprint density at radius 3 is 2.32 bits per heavy atom. The first-order valence-electron chi connectivity index (χ1n) is 10.3. The molecule has 1 aromatic carbocycles. The van der Waals surface area contributed by atoms with Crippen LogP contribution in [0.1, 0.15) is 38.2 Å². The Hall–Kier alpha value is -2.10. The van der Waals surface area contributed by atoms with Gasteiger partial charge in [-0.3, -0.25) is 9.48 Å². The molecule has 170 valence electrons. The molecule has 0 N–H and O–H groups in total. The molecule has 1 amide bonds. The van der Waals surface area contributed by atoms with Gasteiger partial charge in [0.25, 0.3) is 5.91 Å². The van der Waals surface area contributed by atoms with Crippen LogP contribution in [0.4, 0.5) is 0 Å². The van der Waals surface area contributed by atoms with Crippen molar-refractivity contribution in [2.45, 2.75) is 51.7 Å². The second-order valence-electron chi connectivity index (χ2n) is 7.99. The van der Waals surface area contributed by atoms with Gasteiger partial charge < -0.3 is 9.64 Å². The third-order valence-electron chi connectivity index (χ3n) is 5.35. The maximum absolute atomic E-state index is 13.3. The predicted octanol–water partition coefficient (Wildman–Crippen LogP) is 3.03. The highest BCUT2D eigenvalue weighted by atomic mass is 35.5. The molecule has 1 aliphatic heterocycles. The van der Waals surface area contributed by atoms with E-state index in [-0.39, 0.29) is 29.9 Å². The van der Waals surface area contributed by atoms with Crippen LogP contribution in [-0.4, -0.2) is 65.6 Å². The first-order chi connectivity index (χ1) is 14.5. The van der Waals surface area contributed by atoms with Gasteiger partial charge in [-0.1, -0.05) is 17.7 Å². The number of sulfonamides is 1. The van der Waals surface area contributed by atoms with Crippen molar-refractivity contribution in [3.8, 4) is 5.75 Å². The van der Waals surface area contributed by atoms with E-state index in [2.05, 4.69) is 5.10 Å². The first kappa shape index (κ1) is 23.6. The van der Waals surface area contributed by atoms with Gasteiger partial charge in [0.05, 0.1) is 11.4 Å². The molecule has 1 fully saturated rings. The van der Waals surface area contributed by atoms with E-state index in [4.69, 9.17) is 16.3 Å². The molecule has 0 unspecified atom stereocenters. The predicted molar refractivity (Wildman–Crippen MR) is 119 cm³/mol.